The summed E-state index contributed by atoms with van der Waals surface area (Å²) in [5.41, 5.74) is 1.42. The molecule has 0 aliphatic carbocycles. The van der Waals surface area contributed by atoms with Gasteiger partial charge in [0.15, 0.2) is 0 Å². The Morgan fingerprint density at radius 1 is 0.966 bits per heavy atom. The average Bonchev–Trinajstić information content (AvgIpc) is 3.20. The first kappa shape index (κ1) is 18.4. The smallest absolute Gasteiger partial charge is 0.268 e. The molecule has 1 fully saturated rings. The van der Waals surface area contributed by atoms with E-state index in [4.69, 9.17) is 16.6 Å². The SMILES string of the molecule is O=S(=O)(c1cccc(Cl)c1)n1ccc2c(N3CCNCC3)nc3ccccc3c21. The number of aromatic nitrogens is 2. The lowest BCUT2D eigenvalue weighted by atomic mass is 10.1. The van der Waals surface area contributed by atoms with Crippen LogP contribution in [-0.2, 0) is 10.0 Å². The number of rotatable bonds is 3. The minimum absolute atomic E-state index is 0.159. The molecule has 2 aromatic carbocycles. The van der Waals surface area contributed by atoms with Crippen LogP contribution in [0.3, 0.4) is 0 Å². The van der Waals surface area contributed by atoms with Gasteiger partial charge in [-0.25, -0.2) is 17.4 Å². The van der Waals surface area contributed by atoms with Gasteiger partial charge in [0, 0.05) is 48.2 Å². The van der Waals surface area contributed by atoms with E-state index in [-0.39, 0.29) is 4.90 Å². The molecule has 0 unspecified atom stereocenters. The Balaban J connectivity index is 1.81. The van der Waals surface area contributed by atoms with Gasteiger partial charge in [-0.3, -0.25) is 0 Å². The Kier molecular flexibility index (Phi) is 4.46. The zero-order valence-electron chi connectivity index (χ0n) is 15.5. The van der Waals surface area contributed by atoms with Gasteiger partial charge in [0.2, 0.25) is 0 Å². The summed E-state index contributed by atoms with van der Waals surface area (Å²) in [5, 5.41) is 5.36. The summed E-state index contributed by atoms with van der Waals surface area (Å²) < 4.78 is 28.3. The zero-order chi connectivity index (χ0) is 20.0. The standard InChI is InChI=1S/C21H19ClN4O2S/c22-15-4-3-5-16(14-15)29(27,28)26-11-8-18-20(26)17-6-1-2-7-19(17)24-21(18)25-12-9-23-10-13-25/h1-8,11,14,23H,9-10,12-13H2. The van der Waals surface area contributed by atoms with Crippen molar-refractivity contribution in [2.24, 2.45) is 0 Å². The highest BCUT2D eigenvalue weighted by Gasteiger charge is 2.24. The van der Waals surface area contributed by atoms with Crippen LogP contribution >= 0.6 is 11.6 Å². The molecule has 148 valence electrons. The molecular weight excluding hydrogens is 408 g/mol. The Labute approximate surface area is 173 Å². The summed E-state index contributed by atoms with van der Waals surface area (Å²) in [5.74, 6) is 0.820. The predicted molar refractivity (Wildman–Crippen MR) is 116 cm³/mol. The highest BCUT2D eigenvalue weighted by Crippen LogP contribution is 2.34. The molecule has 29 heavy (non-hydrogen) atoms. The van der Waals surface area contributed by atoms with Crippen molar-refractivity contribution in [3.63, 3.8) is 0 Å². The van der Waals surface area contributed by atoms with Crippen LogP contribution in [0.4, 0.5) is 5.82 Å². The minimum Gasteiger partial charge on any atom is -0.353 e. The van der Waals surface area contributed by atoms with Crippen molar-refractivity contribution in [3.8, 4) is 0 Å². The molecule has 8 heteroatoms. The van der Waals surface area contributed by atoms with E-state index in [0.29, 0.717) is 10.5 Å². The molecule has 4 aromatic rings. The third-order valence-corrected chi connectivity index (χ3v) is 7.15. The van der Waals surface area contributed by atoms with E-state index in [1.807, 2.05) is 30.3 Å². The summed E-state index contributed by atoms with van der Waals surface area (Å²) in [6.45, 7) is 3.40. The minimum atomic E-state index is -3.81. The van der Waals surface area contributed by atoms with Crippen molar-refractivity contribution in [2.75, 3.05) is 31.1 Å². The van der Waals surface area contributed by atoms with Crippen LogP contribution in [0.1, 0.15) is 0 Å². The lowest BCUT2D eigenvalue weighted by Gasteiger charge is -2.29. The molecule has 0 spiro atoms. The molecule has 5 rings (SSSR count). The first-order chi connectivity index (χ1) is 14.1. The van der Waals surface area contributed by atoms with E-state index in [1.165, 1.54) is 10.0 Å². The van der Waals surface area contributed by atoms with E-state index in [2.05, 4.69) is 10.2 Å². The van der Waals surface area contributed by atoms with Crippen molar-refractivity contribution in [1.82, 2.24) is 14.3 Å². The van der Waals surface area contributed by atoms with Gasteiger partial charge in [-0.15, -0.1) is 0 Å². The monoisotopic (exact) mass is 426 g/mol. The summed E-state index contributed by atoms with van der Waals surface area (Å²) in [6, 6.07) is 15.8. The number of nitrogens with one attached hydrogen (secondary N) is 1. The number of pyridine rings is 1. The van der Waals surface area contributed by atoms with Crippen LogP contribution in [0.5, 0.6) is 0 Å². The van der Waals surface area contributed by atoms with Crippen LogP contribution in [0.25, 0.3) is 21.8 Å². The third kappa shape index (κ3) is 3.06. The average molecular weight is 427 g/mol. The molecule has 6 nitrogen and oxygen atoms in total. The number of piperazine rings is 1. The molecule has 0 radical (unpaired) electrons. The first-order valence-corrected chi connectivity index (χ1v) is 11.2. The van der Waals surface area contributed by atoms with E-state index >= 15 is 0 Å². The quantitative estimate of drug-likeness (QED) is 0.543. The fourth-order valence-corrected chi connectivity index (χ4v) is 5.53. The first-order valence-electron chi connectivity index (χ1n) is 9.42. The highest BCUT2D eigenvalue weighted by molar-refractivity contribution is 7.90. The van der Waals surface area contributed by atoms with Crippen LogP contribution in [-0.4, -0.2) is 43.6 Å². The van der Waals surface area contributed by atoms with Gasteiger partial charge in [-0.2, -0.15) is 0 Å². The molecule has 0 saturated carbocycles. The number of benzene rings is 2. The second kappa shape index (κ2) is 7.02. The lowest BCUT2D eigenvalue weighted by molar-refractivity contribution is 0.586. The molecule has 1 N–H and O–H groups in total. The van der Waals surface area contributed by atoms with E-state index in [0.717, 1.165) is 48.3 Å². The Hall–Kier alpha value is -2.61. The second-order valence-electron chi connectivity index (χ2n) is 7.03. The Morgan fingerprint density at radius 2 is 1.76 bits per heavy atom. The second-order valence-corrected chi connectivity index (χ2v) is 9.28. The molecule has 0 atom stereocenters. The van der Waals surface area contributed by atoms with Gasteiger partial charge in [-0.1, -0.05) is 35.9 Å². The number of anilines is 1. The molecule has 3 heterocycles. The molecule has 1 aliphatic rings. The molecule has 1 aliphatic heterocycles. The van der Waals surface area contributed by atoms with Crippen molar-refractivity contribution >= 4 is 49.2 Å². The van der Waals surface area contributed by atoms with Gasteiger partial charge in [0.1, 0.15) is 5.82 Å². The molecule has 0 bridgehead atoms. The largest absolute Gasteiger partial charge is 0.353 e. The predicted octanol–water partition coefficient (Wildman–Crippen LogP) is 3.49. The number of nitrogens with zero attached hydrogens (tertiary/aromatic N) is 3. The normalized spacial score (nSPS) is 15.3. The van der Waals surface area contributed by atoms with Crippen molar-refractivity contribution < 1.29 is 8.42 Å². The summed E-state index contributed by atoms with van der Waals surface area (Å²) >= 11 is 6.06. The fourth-order valence-electron chi connectivity index (χ4n) is 3.86. The maximum absolute atomic E-state index is 13.5. The number of hydrogen-bond acceptors (Lipinski definition) is 5. The lowest BCUT2D eigenvalue weighted by Crippen LogP contribution is -2.44. The Morgan fingerprint density at radius 3 is 2.55 bits per heavy atom. The van der Waals surface area contributed by atoms with Gasteiger partial charge in [0.25, 0.3) is 10.0 Å². The zero-order valence-corrected chi connectivity index (χ0v) is 17.1. The maximum atomic E-state index is 13.5. The van der Waals surface area contributed by atoms with Crippen molar-refractivity contribution in [3.05, 3.63) is 65.8 Å². The van der Waals surface area contributed by atoms with Crippen LogP contribution in [0.15, 0.2) is 65.7 Å². The molecule has 0 amide bonds. The van der Waals surface area contributed by atoms with Gasteiger partial charge in [-0.05, 0) is 30.3 Å². The molecular formula is C21H19ClN4O2S. The number of fused-ring (bicyclic) bond motifs is 3. The van der Waals surface area contributed by atoms with Crippen LogP contribution < -0.4 is 10.2 Å². The molecule has 1 saturated heterocycles. The van der Waals surface area contributed by atoms with Crippen molar-refractivity contribution in [2.45, 2.75) is 4.90 Å². The third-order valence-electron chi connectivity index (χ3n) is 5.25. The van der Waals surface area contributed by atoms with E-state index in [9.17, 15) is 8.42 Å². The van der Waals surface area contributed by atoms with Crippen LogP contribution in [0.2, 0.25) is 5.02 Å². The maximum Gasteiger partial charge on any atom is 0.268 e. The van der Waals surface area contributed by atoms with Crippen LogP contribution in [0, 0.1) is 0 Å². The number of para-hydroxylation sites is 1. The van der Waals surface area contributed by atoms with E-state index < -0.39 is 10.0 Å². The fraction of sp³-hybridized carbons (Fsp3) is 0.190. The number of hydrogen-bond donors (Lipinski definition) is 1. The highest BCUT2D eigenvalue weighted by atomic mass is 35.5. The van der Waals surface area contributed by atoms with Crippen molar-refractivity contribution in [1.29, 1.82) is 0 Å². The van der Waals surface area contributed by atoms with Gasteiger partial charge >= 0.3 is 0 Å². The topological polar surface area (TPSA) is 67.2 Å². The van der Waals surface area contributed by atoms with E-state index in [1.54, 1.807) is 24.4 Å². The summed E-state index contributed by atoms with van der Waals surface area (Å²) in [4.78, 5) is 7.25. The number of halogens is 1. The Bertz CT molecular complexity index is 1330. The van der Waals surface area contributed by atoms with Gasteiger partial charge < -0.3 is 10.2 Å². The van der Waals surface area contributed by atoms with Gasteiger partial charge in [0.05, 0.1) is 15.9 Å². The summed E-state index contributed by atoms with van der Waals surface area (Å²) in [6.07, 6.45) is 1.61. The molecule has 2 aromatic heterocycles. The summed E-state index contributed by atoms with van der Waals surface area (Å²) in [7, 11) is -3.81.